The highest BCUT2D eigenvalue weighted by atomic mass is 19.1. The highest BCUT2D eigenvalue weighted by Gasteiger charge is 2.00. The number of carbonyl (C=O) groups is 1. The first-order valence-electron chi connectivity index (χ1n) is 3.64. The molecule has 1 heterocycles. The van der Waals surface area contributed by atoms with Gasteiger partial charge in [0.1, 0.15) is 6.54 Å². The Morgan fingerprint density at radius 1 is 1.77 bits per heavy atom. The Morgan fingerprint density at radius 3 is 3.15 bits per heavy atom. The first-order chi connectivity index (χ1) is 6.22. The number of anilines is 1. The number of nitrogens with one attached hydrogen (secondary N) is 1. The molecular weight excluding hydrogens is 175 g/mol. The number of aromatic nitrogens is 1. The average molecular weight is 184 g/mol. The first-order valence-corrected chi connectivity index (χ1v) is 3.64. The number of halogens is 1. The van der Waals surface area contributed by atoms with Crippen LogP contribution in [0.2, 0.25) is 0 Å². The molecule has 0 saturated heterocycles. The fourth-order valence-electron chi connectivity index (χ4n) is 0.759. The Labute approximate surface area is 74.7 Å². The Balaban J connectivity index is 2.50. The zero-order valence-corrected chi connectivity index (χ0v) is 7.08. The standard InChI is InChI=1S/C8H9FN2O2/c1-13-8(12)5-11-6-2-3-10-7(9)4-6/h2-4H,5H2,1H3,(H,10,11). The third-order valence-corrected chi connectivity index (χ3v) is 1.39. The number of pyridine rings is 1. The fourth-order valence-corrected chi connectivity index (χ4v) is 0.759. The van der Waals surface area contributed by atoms with Crippen LogP contribution in [0.4, 0.5) is 10.1 Å². The second kappa shape index (κ2) is 4.39. The van der Waals surface area contributed by atoms with Crippen molar-refractivity contribution in [2.24, 2.45) is 0 Å². The van der Waals surface area contributed by atoms with Gasteiger partial charge < -0.3 is 10.1 Å². The van der Waals surface area contributed by atoms with Crippen molar-refractivity contribution in [3.63, 3.8) is 0 Å². The summed E-state index contributed by atoms with van der Waals surface area (Å²) in [5, 5.41) is 2.68. The average Bonchev–Trinajstić information content (AvgIpc) is 2.14. The summed E-state index contributed by atoms with van der Waals surface area (Å²) in [4.78, 5) is 14.0. The summed E-state index contributed by atoms with van der Waals surface area (Å²) in [6, 6.07) is 2.76. The number of carbonyl (C=O) groups excluding carboxylic acids is 1. The number of esters is 1. The number of rotatable bonds is 3. The van der Waals surface area contributed by atoms with Crippen molar-refractivity contribution in [1.29, 1.82) is 0 Å². The van der Waals surface area contributed by atoms with Gasteiger partial charge in [0.2, 0.25) is 5.95 Å². The lowest BCUT2D eigenvalue weighted by atomic mass is 10.4. The van der Waals surface area contributed by atoms with Crippen LogP contribution in [0, 0.1) is 5.95 Å². The topological polar surface area (TPSA) is 51.2 Å². The van der Waals surface area contributed by atoms with Gasteiger partial charge in [-0.3, -0.25) is 4.79 Å². The van der Waals surface area contributed by atoms with Crippen molar-refractivity contribution in [1.82, 2.24) is 4.98 Å². The van der Waals surface area contributed by atoms with E-state index in [0.29, 0.717) is 5.69 Å². The predicted octanol–water partition coefficient (Wildman–Crippen LogP) is 0.806. The summed E-state index contributed by atoms with van der Waals surface area (Å²) in [6.45, 7) is 0.0138. The molecule has 4 nitrogen and oxygen atoms in total. The Hall–Kier alpha value is -1.65. The molecule has 0 radical (unpaired) electrons. The van der Waals surface area contributed by atoms with Crippen molar-refractivity contribution < 1.29 is 13.9 Å². The van der Waals surface area contributed by atoms with Crippen LogP contribution in [0.3, 0.4) is 0 Å². The van der Waals surface area contributed by atoms with Gasteiger partial charge in [-0.15, -0.1) is 0 Å². The first kappa shape index (κ1) is 9.44. The molecule has 0 amide bonds. The lowest BCUT2D eigenvalue weighted by Gasteiger charge is -2.03. The summed E-state index contributed by atoms with van der Waals surface area (Å²) >= 11 is 0. The zero-order chi connectivity index (χ0) is 9.68. The van der Waals surface area contributed by atoms with Gasteiger partial charge in [-0.2, -0.15) is 4.39 Å². The van der Waals surface area contributed by atoms with Gasteiger partial charge in [0, 0.05) is 18.0 Å². The van der Waals surface area contributed by atoms with E-state index < -0.39 is 11.9 Å². The molecule has 1 N–H and O–H groups in total. The Morgan fingerprint density at radius 2 is 2.54 bits per heavy atom. The molecule has 0 aromatic carbocycles. The fraction of sp³-hybridized carbons (Fsp3) is 0.250. The molecule has 0 fully saturated rings. The lowest BCUT2D eigenvalue weighted by Crippen LogP contribution is -2.14. The smallest absolute Gasteiger partial charge is 0.325 e. The minimum Gasteiger partial charge on any atom is -0.468 e. The maximum absolute atomic E-state index is 12.5. The summed E-state index contributed by atoms with van der Waals surface area (Å²) in [5.41, 5.74) is 0.498. The van der Waals surface area contributed by atoms with Crippen LogP contribution in [0.25, 0.3) is 0 Å². The SMILES string of the molecule is COC(=O)CNc1ccnc(F)c1. The van der Waals surface area contributed by atoms with Crippen LogP contribution in [0.5, 0.6) is 0 Å². The van der Waals surface area contributed by atoms with E-state index in [1.54, 1.807) is 6.07 Å². The van der Waals surface area contributed by atoms with Crippen LogP contribution in [0.15, 0.2) is 18.3 Å². The molecular formula is C8H9FN2O2. The van der Waals surface area contributed by atoms with Crippen LogP contribution in [0.1, 0.15) is 0 Å². The summed E-state index contributed by atoms with van der Waals surface area (Å²) < 4.78 is 16.9. The number of methoxy groups -OCH3 is 1. The summed E-state index contributed by atoms with van der Waals surface area (Å²) in [6.07, 6.45) is 1.31. The van der Waals surface area contributed by atoms with Gasteiger partial charge in [-0.1, -0.05) is 0 Å². The van der Waals surface area contributed by atoms with Crippen LogP contribution in [-0.2, 0) is 9.53 Å². The number of ether oxygens (including phenoxy) is 1. The summed E-state index contributed by atoms with van der Waals surface area (Å²) in [7, 11) is 1.29. The molecule has 13 heavy (non-hydrogen) atoms. The van der Waals surface area contributed by atoms with Gasteiger partial charge in [0.05, 0.1) is 7.11 Å². The number of hydrogen-bond acceptors (Lipinski definition) is 4. The highest BCUT2D eigenvalue weighted by molar-refractivity contribution is 5.74. The number of nitrogens with zero attached hydrogens (tertiary/aromatic N) is 1. The molecule has 0 saturated carbocycles. The molecule has 0 aliphatic rings. The molecule has 5 heteroatoms. The van der Waals surface area contributed by atoms with E-state index >= 15 is 0 Å². The Bertz CT molecular complexity index is 304. The minimum absolute atomic E-state index is 0.0138. The van der Waals surface area contributed by atoms with Crippen molar-refractivity contribution in [2.75, 3.05) is 19.0 Å². The molecule has 1 rings (SSSR count). The quantitative estimate of drug-likeness (QED) is 0.557. The van der Waals surface area contributed by atoms with E-state index in [4.69, 9.17) is 0 Å². The third-order valence-electron chi connectivity index (χ3n) is 1.39. The van der Waals surface area contributed by atoms with Crippen molar-refractivity contribution in [3.05, 3.63) is 24.3 Å². The van der Waals surface area contributed by atoms with Gasteiger partial charge in [0.15, 0.2) is 0 Å². The highest BCUT2D eigenvalue weighted by Crippen LogP contribution is 2.05. The van der Waals surface area contributed by atoms with E-state index in [0.717, 1.165) is 0 Å². The maximum Gasteiger partial charge on any atom is 0.325 e. The molecule has 70 valence electrons. The monoisotopic (exact) mass is 184 g/mol. The van der Waals surface area contributed by atoms with Gasteiger partial charge in [-0.25, -0.2) is 4.98 Å². The molecule has 0 bridgehead atoms. The van der Waals surface area contributed by atoms with Gasteiger partial charge in [0.25, 0.3) is 0 Å². The molecule has 0 spiro atoms. The van der Waals surface area contributed by atoms with Gasteiger partial charge in [-0.05, 0) is 6.07 Å². The maximum atomic E-state index is 12.5. The normalized spacial score (nSPS) is 9.38. The lowest BCUT2D eigenvalue weighted by molar-refractivity contribution is -0.138. The number of hydrogen-bond donors (Lipinski definition) is 1. The Kier molecular flexibility index (Phi) is 3.19. The zero-order valence-electron chi connectivity index (χ0n) is 7.08. The molecule has 0 unspecified atom stereocenters. The third kappa shape index (κ3) is 3.06. The van der Waals surface area contributed by atoms with E-state index in [1.165, 1.54) is 19.4 Å². The molecule has 0 aliphatic heterocycles. The largest absolute Gasteiger partial charge is 0.468 e. The van der Waals surface area contributed by atoms with E-state index in [2.05, 4.69) is 15.0 Å². The van der Waals surface area contributed by atoms with Crippen molar-refractivity contribution in [2.45, 2.75) is 0 Å². The summed E-state index contributed by atoms with van der Waals surface area (Å²) in [5.74, 6) is -0.993. The van der Waals surface area contributed by atoms with Crippen LogP contribution >= 0.6 is 0 Å². The van der Waals surface area contributed by atoms with Gasteiger partial charge >= 0.3 is 5.97 Å². The van der Waals surface area contributed by atoms with Crippen LogP contribution < -0.4 is 5.32 Å². The minimum atomic E-state index is -0.588. The predicted molar refractivity (Wildman–Crippen MR) is 44.7 cm³/mol. The van der Waals surface area contributed by atoms with E-state index in [9.17, 15) is 9.18 Å². The van der Waals surface area contributed by atoms with E-state index in [-0.39, 0.29) is 6.54 Å². The van der Waals surface area contributed by atoms with Crippen LogP contribution in [-0.4, -0.2) is 24.6 Å². The van der Waals surface area contributed by atoms with E-state index in [1.807, 2.05) is 0 Å². The molecule has 1 aromatic heterocycles. The van der Waals surface area contributed by atoms with Crippen molar-refractivity contribution in [3.8, 4) is 0 Å². The van der Waals surface area contributed by atoms with Crippen molar-refractivity contribution >= 4 is 11.7 Å². The second-order valence-corrected chi connectivity index (χ2v) is 2.30. The molecule has 0 aliphatic carbocycles. The molecule has 0 atom stereocenters. The second-order valence-electron chi connectivity index (χ2n) is 2.30. The molecule has 1 aromatic rings.